The second-order valence-electron chi connectivity index (χ2n) is 3.52. The molecule has 1 aromatic carbocycles. The van der Waals surface area contributed by atoms with E-state index in [2.05, 4.69) is 24.4 Å². The minimum atomic E-state index is 0.174. The Morgan fingerprint density at radius 1 is 1.38 bits per heavy atom. The quantitative estimate of drug-likeness (QED) is 0.694. The summed E-state index contributed by atoms with van der Waals surface area (Å²) in [7, 11) is 0. The molecule has 1 aliphatic heterocycles. The van der Waals surface area contributed by atoms with Crippen molar-refractivity contribution in [2.75, 3.05) is 0 Å². The summed E-state index contributed by atoms with van der Waals surface area (Å²) in [5, 5.41) is 2.97. The van der Waals surface area contributed by atoms with Gasteiger partial charge < -0.3 is 5.32 Å². The van der Waals surface area contributed by atoms with E-state index in [0.717, 1.165) is 6.42 Å². The zero-order valence-corrected chi connectivity index (χ0v) is 7.71. The number of hydrogen-bond acceptors (Lipinski definition) is 1. The van der Waals surface area contributed by atoms with E-state index in [4.69, 9.17) is 0 Å². The highest BCUT2D eigenvalue weighted by atomic mass is 16.1. The van der Waals surface area contributed by atoms with Crippen LogP contribution in [-0.4, -0.2) is 5.91 Å². The molecule has 1 aliphatic rings. The first-order chi connectivity index (χ1) is 6.27. The summed E-state index contributed by atoms with van der Waals surface area (Å²) in [6.07, 6.45) is 1.60. The molecule has 1 saturated heterocycles. The van der Waals surface area contributed by atoms with Crippen LogP contribution in [0.3, 0.4) is 0 Å². The Morgan fingerprint density at radius 3 is 2.77 bits per heavy atom. The van der Waals surface area contributed by atoms with Crippen molar-refractivity contribution >= 4 is 5.91 Å². The maximum Gasteiger partial charge on any atom is 0.220 e. The van der Waals surface area contributed by atoms with Crippen molar-refractivity contribution in [1.29, 1.82) is 0 Å². The Kier molecular flexibility index (Phi) is 2.05. The molecule has 13 heavy (non-hydrogen) atoms. The van der Waals surface area contributed by atoms with E-state index >= 15 is 0 Å². The SMILES string of the molecule is Cc1ccccc1C1CCC(=O)N1. The van der Waals surface area contributed by atoms with Gasteiger partial charge in [-0.15, -0.1) is 0 Å². The van der Waals surface area contributed by atoms with Gasteiger partial charge in [-0.2, -0.15) is 0 Å². The van der Waals surface area contributed by atoms with Crippen LogP contribution < -0.4 is 5.32 Å². The van der Waals surface area contributed by atoms with Crippen molar-refractivity contribution in [3.05, 3.63) is 35.4 Å². The highest BCUT2D eigenvalue weighted by Crippen LogP contribution is 2.25. The molecule has 68 valence electrons. The summed E-state index contributed by atoms with van der Waals surface area (Å²) in [4.78, 5) is 11.0. The van der Waals surface area contributed by atoms with Gasteiger partial charge in [-0.3, -0.25) is 4.79 Å². The topological polar surface area (TPSA) is 29.1 Å². The van der Waals surface area contributed by atoms with E-state index in [1.165, 1.54) is 11.1 Å². The van der Waals surface area contributed by atoms with Gasteiger partial charge in [0.1, 0.15) is 0 Å². The summed E-state index contributed by atoms with van der Waals surface area (Å²) in [6, 6.07) is 8.46. The number of carbonyl (C=O) groups is 1. The fourth-order valence-electron chi connectivity index (χ4n) is 1.83. The third-order valence-electron chi connectivity index (χ3n) is 2.56. The zero-order valence-electron chi connectivity index (χ0n) is 7.71. The average Bonchev–Trinajstić information content (AvgIpc) is 2.53. The summed E-state index contributed by atoms with van der Waals surface area (Å²) in [5.74, 6) is 0.174. The van der Waals surface area contributed by atoms with Crippen LogP contribution >= 0.6 is 0 Å². The minimum absolute atomic E-state index is 0.174. The molecule has 2 nitrogen and oxygen atoms in total. The molecule has 1 unspecified atom stereocenters. The first kappa shape index (κ1) is 8.30. The maximum atomic E-state index is 11.0. The fourth-order valence-corrected chi connectivity index (χ4v) is 1.83. The van der Waals surface area contributed by atoms with Crippen molar-refractivity contribution in [1.82, 2.24) is 5.32 Å². The van der Waals surface area contributed by atoms with Crippen LogP contribution in [-0.2, 0) is 4.79 Å². The van der Waals surface area contributed by atoms with Crippen LogP contribution in [0.15, 0.2) is 24.3 Å². The molecule has 1 aromatic rings. The average molecular weight is 175 g/mol. The van der Waals surface area contributed by atoms with Gasteiger partial charge >= 0.3 is 0 Å². The number of carbonyl (C=O) groups excluding carboxylic acids is 1. The molecule has 1 atom stereocenters. The van der Waals surface area contributed by atoms with Gasteiger partial charge in [-0.25, -0.2) is 0 Å². The van der Waals surface area contributed by atoms with Crippen LogP contribution in [0, 0.1) is 6.92 Å². The molecule has 0 bridgehead atoms. The molecule has 1 fully saturated rings. The molecule has 2 heteroatoms. The molecule has 0 aliphatic carbocycles. The molecule has 0 saturated carbocycles. The van der Waals surface area contributed by atoms with Gasteiger partial charge in [0.15, 0.2) is 0 Å². The van der Waals surface area contributed by atoms with Gasteiger partial charge in [0, 0.05) is 6.42 Å². The predicted molar refractivity (Wildman–Crippen MR) is 51.3 cm³/mol. The van der Waals surface area contributed by atoms with Gasteiger partial charge in [-0.05, 0) is 24.5 Å². The van der Waals surface area contributed by atoms with Crippen LogP contribution in [0.5, 0.6) is 0 Å². The van der Waals surface area contributed by atoms with Crippen LogP contribution in [0.4, 0.5) is 0 Å². The lowest BCUT2D eigenvalue weighted by Gasteiger charge is -2.12. The number of hydrogen-bond donors (Lipinski definition) is 1. The second-order valence-corrected chi connectivity index (χ2v) is 3.52. The van der Waals surface area contributed by atoms with E-state index in [1.54, 1.807) is 0 Å². The van der Waals surface area contributed by atoms with Gasteiger partial charge in [0.25, 0.3) is 0 Å². The Morgan fingerprint density at radius 2 is 2.15 bits per heavy atom. The van der Waals surface area contributed by atoms with E-state index in [1.807, 2.05) is 12.1 Å². The smallest absolute Gasteiger partial charge is 0.220 e. The molecular weight excluding hydrogens is 162 g/mol. The fraction of sp³-hybridized carbons (Fsp3) is 0.364. The first-order valence-corrected chi connectivity index (χ1v) is 4.62. The lowest BCUT2D eigenvalue weighted by Crippen LogP contribution is -2.18. The Labute approximate surface area is 78.0 Å². The molecule has 0 radical (unpaired) electrons. The largest absolute Gasteiger partial charge is 0.349 e. The Hall–Kier alpha value is -1.31. The summed E-state index contributed by atoms with van der Waals surface area (Å²) in [5.41, 5.74) is 2.52. The highest BCUT2D eigenvalue weighted by molar-refractivity contribution is 5.78. The number of rotatable bonds is 1. The first-order valence-electron chi connectivity index (χ1n) is 4.62. The monoisotopic (exact) mass is 175 g/mol. The van der Waals surface area contributed by atoms with Crippen LogP contribution in [0.25, 0.3) is 0 Å². The van der Waals surface area contributed by atoms with Crippen LogP contribution in [0.1, 0.15) is 30.0 Å². The molecule has 0 spiro atoms. The summed E-state index contributed by atoms with van der Waals surface area (Å²) in [6.45, 7) is 2.08. The van der Waals surface area contributed by atoms with E-state index < -0.39 is 0 Å². The third-order valence-corrected chi connectivity index (χ3v) is 2.56. The lowest BCUT2D eigenvalue weighted by atomic mass is 10.0. The maximum absolute atomic E-state index is 11.0. The standard InChI is InChI=1S/C11H13NO/c1-8-4-2-3-5-9(8)10-6-7-11(13)12-10/h2-5,10H,6-7H2,1H3,(H,12,13). The lowest BCUT2D eigenvalue weighted by molar-refractivity contribution is -0.119. The second kappa shape index (κ2) is 3.21. The van der Waals surface area contributed by atoms with Crippen molar-refractivity contribution in [3.63, 3.8) is 0 Å². The third kappa shape index (κ3) is 1.57. The molecule has 1 amide bonds. The van der Waals surface area contributed by atoms with Crippen molar-refractivity contribution in [2.45, 2.75) is 25.8 Å². The van der Waals surface area contributed by atoms with E-state index in [-0.39, 0.29) is 11.9 Å². The Bertz CT molecular complexity index is 333. The number of benzene rings is 1. The summed E-state index contributed by atoms with van der Waals surface area (Å²) >= 11 is 0. The van der Waals surface area contributed by atoms with Crippen molar-refractivity contribution in [2.24, 2.45) is 0 Å². The highest BCUT2D eigenvalue weighted by Gasteiger charge is 2.22. The van der Waals surface area contributed by atoms with Gasteiger partial charge in [0.05, 0.1) is 6.04 Å². The van der Waals surface area contributed by atoms with Gasteiger partial charge in [-0.1, -0.05) is 24.3 Å². The minimum Gasteiger partial charge on any atom is -0.349 e. The van der Waals surface area contributed by atoms with E-state index in [0.29, 0.717) is 6.42 Å². The molecule has 0 aromatic heterocycles. The number of nitrogens with one attached hydrogen (secondary N) is 1. The Balaban J connectivity index is 2.26. The normalized spacial score (nSPS) is 21.6. The molecule has 1 heterocycles. The van der Waals surface area contributed by atoms with Gasteiger partial charge in [0.2, 0.25) is 5.91 Å². The van der Waals surface area contributed by atoms with E-state index in [9.17, 15) is 4.79 Å². The number of aryl methyl sites for hydroxylation is 1. The summed E-state index contributed by atoms with van der Waals surface area (Å²) < 4.78 is 0. The molecule has 1 N–H and O–H groups in total. The molecule has 2 rings (SSSR count). The van der Waals surface area contributed by atoms with Crippen molar-refractivity contribution < 1.29 is 4.79 Å². The van der Waals surface area contributed by atoms with Crippen molar-refractivity contribution in [3.8, 4) is 0 Å². The zero-order chi connectivity index (χ0) is 9.26. The van der Waals surface area contributed by atoms with Crippen LogP contribution in [0.2, 0.25) is 0 Å². The molecular formula is C11H13NO. The predicted octanol–water partition coefficient (Wildman–Crippen LogP) is 1.95. The number of amides is 1.